The summed E-state index contributed by atoms with van der Waals surface area (Å²) >= 11 is 0. The number of rotatable bonds is 7. The van der Waals surface area contributed by atoms with Crippen LogP contribution in [-0.2, 0) is 11.2 Å². The molecule has 1 aromatic carbocycles. The largest absolute Gasteiger partial charge is 0.341 e. The first-order chi connectivity index (χ1) is 9.92. The normalized spacial score (nSPS) is 10.7. The quantitative estimate of drug-likeness (QED) is 0.772. The van der Waals surface area contributed by atoms with Crippen molar-refractivity contribution < 1.29 is 4.79 Å². The Morgan fingerprint density at radius 1 is 1.19 bits per heavy atom. The second-order valence-electron chi connectivity index (χ2n) is 6.02. The van der Waals surface area contributed by atoms with Crippen molar-refractivity contribution in [1.29, 1.82) is 5.26 Å². The number of benzene rings is 1. The van der Waals surface area contributed by atoms with Crippen molar-refractivity contribution in [2.75, 3.05) is 33.7 Å². The SMILES string of the molecule is CC(C)CN(CCN(C)C)C(=O)Cc1ccc(C#N)cc1. The fourth-order valence-electron chi connectivity index (χ4n) is 2.06. The summed E-state index contributed by atoms with van der Waals surface area (Å²) in [6.07, 6.45) is 0.395. The first kappa shape index (κ1) is 17.2. The summed E-state index contributed by atoms with van der Waals surface area (Å²) in [4.78, 5) is 16.5. The zero-order chi connectivity index (χ0) is 15.8. The molecule has 0 bridgehead atoms. The highest BCUT2D eigenvalue weighted by Gasteiger charge is 2.15. The standard InChI is InChI=1S/C17H25N3O/c1-14(2)13-20(10-9-19(3)4)17(21)11-15-5-7-16(12-18)8-6-15/h5-8,14H,9-11,13H2,1-4H3. The summed E-state index contributed by atoms with van der Waals surface area (Å²) in [7, 11) is 4.03. The Hall–Kier alpha value is -1.86. The van der Waals surface area contributed by atoms with Gasteiger partial charge < -0.3 is 9.80 Å². The van der Waals surface area contributed by atoms with Gasteiger partial charge in [0.05, 0.1) is 18.1 Å². The van der Waals surface area contributed by atoms with Crippen LogP contribution in [-0.4, -0.2) is 49.4 Å². The summed E-state index contributed by atoms with van der Waals surface area (Å²) in [6, 6.07) is 9.32. The Morgan fingerprint density at radius 3 is 2.29 bits per heavy atom. The minimum atomic E-state index is 0.148. The Bertz CT molecular complexity index is 486. The van der Waals surface area contributed by atoms with Crippen molar-refractivity contribution in [2.45, 2.75) is 20.3 Å². The maximum Gasteiger partial charge on any atom is 0.227 e. The van der Waals surface area contributed by atoms with Crippen LogP contribution >= 0.6 is 0 Å². The van der Waals surface area contributed by atoms with E-state index in [-0.39, 0.29) is 5.91 Å². The van der Waals surface area contributed by atoms with Crippen LogP contribution in [0.4, 0.5) is 0 Å². The molecule has 4 heteroatoms. The molecule has 4 nitrogen and oxygen atoms in total. The van der Waals surface area contributed by atoms with Crippen LogP contribution in [0.2, 0.25) is 0 Å². The van der Waals surface area contributed by atoms with Crippen molar-refractivity contribution in [2.24, 2.45) is 5.92 Å². The van der Waals surface area contributed by atoms with Crippen molar-refractivity contribution in [3.63, 3.8) is 0 Å². The molecule has 0 saturated heterocycles. The summed E-state index contributed by atoms with van der Waals surface area (Å²) in [5.41, 5.74) is 1.58. The molecule has 0 aliphatic rings. The van der Waals surface area contributed by atoms with Gasteiger partial charge in [0, 0.05) is 19.6 Å². The third-order valence-electron chi connectivity index (χ3n) is 3.19. The molecule has 1 amide bonds. The smallest absolute Gasteiger partial charge is 0.227 e. The molecule has 1 aromatic rings. The predicted molar refractivity (Wildman–Crippen MR) is 84.8 cm³/mol. The first-order valence-electron chi connectivity index (χ1n) is 7.34. The van der Waals surface area contributed by atoms with E-state index < -0.39 is 0 Å². The molecule has 0 aliphatic carbocycles. The van der Waals surface area contributed by atoms with Gasteiger partial charge in [0.25, 0.3) is 0 Å². The molecule has 0 spiro atoms. The van der Waals surface area contributed by atoms with Gasteiger partial charge in [0.1, 0.15) is 0 Å². The number of carbonyl (C=O) groups is 1. The van der Waals surface area contributed by atoms with Gasteiger partial charge in [-0.3, -0.25) is 4.79 Å². The minimum Gasteiger partial charge on any atom is -0.341 e. The van der Waals surface area contributed by atoms with Crippen LogP contribution < -0.4 is 0 Å². The van der Waals surface area contributed by atoms with E-state index in [1.165, 1.54) is 0 Å². The van der Waals surface area contributed by atoms with E-state index in [9.17, 15) is 4.79 Å². The van der Waals surface area contributed by atoms with Crippen molar-refractivity contribution in [1.82, 2.24) is 9.80 Å². The Kier molecular flexibility index (Phi) is 6.90. The number of nitriles is 1. The van der Waals surface area contributed by atoms with Crippen LogP contribution in [0, 0.1) is 17.2 Å². The molecule has 0 saturated carbocycles. The summed E-state index contributed by atoms with van der Waals surface area (Å²) in [6.45, 7) is 6.64. The molecule has 0 atom stereocenters. The van der Waals surface area contributed by atoms with Gasteiger partial charge in [-0.25, -0.2) is 0 Å². The lowest BCUT2D eigenvalue weighted by Crippen LogP contribution is -2.39. The van der Waals surface area contributed by atoms with Crippen LogP contribution in [0.5, 0.6) is 0 Å². The lowest BCUT2D eigenvalue weighted by Gasteiger charge is -2.26. The number of likely N-dealkylation sites (N-methyl/N-ethyl adjacent to an activating group) is 1. The Balaban J connectivity index is 2.67. The van der Waals surface area contributed by atoms with Crippen molar-refractivity contribution >= 4 is 5.91 Å². The second kappa shape index (κ2) is 8.43. The average Bonchev–Trinajstić information content (AvgIpc) is 2.43. The molecule has 21 heavy (non-hydrogen) atoms. The molecule has 0 unspecified atom stereocenters. The van der Waals surface area contributed by atoms with Gasteiger partial charge in [0.15, 0.2) is 0 Å². The zero-order valence-electron chi connectivity index (χ0n) is 13.5. The molecule has 0 N–H and O–H groups in total. The topological polar surface area (TPSA) is 47.3 Å². The molecule has 114 valence electrons. The molecule has 0 aliphatic heterocycles. The number of hydrogen-bond acceptors (Lipinski definition) is 3. The predicted octanol–water partition coefficient (Wildman–Crippen LogP) is 2.15. The Labute approximate surface area is 128 Å². The van der Waals surface area contributed by atoms with Crippen LogP contribution in [0.3, 0.4) is 0 Å². The van der Waals surface area contributed by atoms with E-state index in [4.69, 9.17) is 5.26 Å². The van der Waals surface area contributed by atoms with E-state index in [0.29, 0.717) is 17.9 Å². The Morgan fingerprint density at radius 2 is 1.81 bits per heavy atom. The first-order valence-corrected chi connectivity index (χ1v) is 7.34. The van der Waals surface area contributed by atoms with Gasteiger partial charge in [-0.2, -0.15) is 5.26 Å². The van der Waals surface area contributed by atoms with Gasteiger partial charge in [-0.05, 0) is 37.7 Å². The van der Waals surface area contributed by atoms with E-state index >= 15 is 0 Å². The lowest BCUT2D eigenvalue weighted by molar-refractivity contribution is -0.131. The monoisotopic (exact) mass is 287 g/mol. The second-order valence-corrected chi connectivity index (χ2v) is 6.02. The van der Waals surface area contributed by atoms with Gasteiger partial charge in [-0.15, -0.1) is 0 Å². The zero-order valence-corrected chi connectivity index (χ0v) is 13.5. The highest BCUT2D eigenvalue weighted by atomic mass is 16.2. The molecule has 0 aromatic heterocycles. The lowest BCUT2D eigenvalue weighted by atomic mass is 10.1. The third-order valence-corrected chi connectivity index (χ3v) is 3.19. The molecule has 0 heterocycles. The summed E-state index contributed by atoms with van der Waals surface area (Å²) < 4.78 is 0. The molecular weight excluding hydrogens is 262 g/mol. The van der Waals surface area contributed by atoms with E-state index in [2.05, 4.69) is 24.8 Å². The average molecular weight is 287 g/mol. The maximum atomic E-state index is 12.5. The van der Waals surface area contributed by atoms with Gasteiger partial charge in [0.2, 0.25) is 5.91 Å². The van der Waals surface area contributed by atoms with Crippen LogP contribution in [0.25, 0.3) is 0 Å². The van der Waals surface area contributed by atoms with Crippen molar-refractivity contribution in [3.05, 3.63) is 35.4 Å². The summed E-state index contributed by atoms with van der Waals surface area (Å²) in [5, 5.41) is 8.79. The fraction of sp³-hybridized carbons (Fsp3) is 0.529. The van der Waals surface area contributed by atoms with E-state index in [1.807, 2.05) is 31.1 Å². The van der Waals surface area contributed by atoms with Crippen LogP contribution in [0.15, 0.2) is 24.3 Å². The number of nitrogens with zero attached hydrogens (tertiary/aromatic N) is 3. The molecule has 0 radical (unpaired) electrons. The van der Waals surface area contributed by atoms with Crippen LogP contribution in [0.1, 0.15) is 25.0 Å². The van der Waals surface area contributed by atoms with E-state index in [0.717, 1.165) is 25.2 Å². The maximum absolute atomic E-state index is 12.5. The third kappa shape index (κ3) is 6.42. The number of carbonyl (C=O) groups excluding carboxylic acids is 1. The highest BCUT2D eigenvalue weighted by Crippen LogP contribution is 2.08. The van der Waals surface area contributed by atoms with E-state index in [1.54, 1.807) is 12.1 Å². The summed E-state index contributed by atoms with van der Waals surface area (Å²) in [5.74, 6) is 0.604. The fourth-order valence-corrected chi connectivity index (χ4v) is 2.06. The minimum absolute atomic E-state index is 0.148. The highest BCUT2D eigenvalue weighted by molar-refractivity contribution is 5.78. The number of amides is 1. The van der Waals surface area contributed by atoms with Gasteiger partial charge in [-0.1, -0.05) is 26.0 Å². The molecular formula is C17H25N3O. The molecule has 1 rings (SSSR count). The van der Waals surface area contributed by atoms with Gasteiger partial charge >= 0.3 is 0 Å². The number of hydrogen-bond donors (Lipinski definition) is 0. The molecule has 0 fully saturated rings. The van der Waals surface area contributed by atoms with Crippen molar-refractivity contribution in [3.8, 4) is 6.07 Å².